The van der Waals surface area contributed by atoms with E-state index in [4.69, 9.17) is 0 Å². The molecule has 4 unspecified atom stereocenters. The van der Waals surface area contributed by atoms with Gasteiger partial charge >= 0.3 is 5.97 Å². The number of nitrogens with one attached hydrogen (secondary N) is 1. The predicted octanol–water partition coefficient (Wildman–Crippen LogP) is 3.77. The molecule has 1 amide bonds. The molecule has 2 fully saturated rings. The summed E-state index contributed by atoms with van der Waals surface area (Å²) in [5.41, 5.74) is 0.442. The molecule has 0 spiro atoms. The van der Waals surface area contributed by atoms with Gasteiger partial charge in [0.15, 0.2) is 5.13 Å². The Morgan fingerprint density at radius 1 is 1.19 bits per heavy atom. The summed E-state index contributed by atoms with van der Waals surface area (Å²) >= 11 is 1.12. The number of carbonyl (C=O) groups is 2. The molecule has 1 heterocycles. The third kappa shape index (κ3) is 2.88. The number of halogens is 2. The molecule has 4 rings (SSSR count). The number of rotatable bonds is 4. The largest absolute Gasteiger partial charge is 0.481 e. The van der Waals surface area contributed by atoms with Crippen LogP contribution in [-0.4, -0.2) is 22.0 Å². The average molecular weight is 378 g/mol. The summed E-state index contributed by atoms with van der Waals surface area (Å²) < 4.78 is 26.9. The van der Waals surface area contributed by atoms with Crippen molar-refractivity contribution < 1.29 is 23.5 Å². The van der Waals surface area contributed by atoms with Crippen molar-refractivity contribution in [3.05, 3.63) is 35.2 Å². The van der Waals surface area contributed by atoms with Gasteiger partial charge in [-0.1, -0.05) is 0 Å². The minimum absolute atomic E-state index is 0.0633. The minimum Gasteiger partial charge on any atom is -0.481 e. The van der Waals surface area contributed by atoms with Gasteiger partial charge in [-0.05, 0) is 43.2 Å². The first-order chi connectivity index (χ1) is 12.4. The molecule has 0 aliphatic heterocycles. The van der Waals surface area contributed by atoms with Crippen LogP contribution >= 0.6 is 11.3 Å². The maximum Gasteiger partial charge on any atom is 0.307 e. The van der Waals surface area contributed by atoms with Gasteiger partial charge in [0.05, 0.1) is 17.5 Å². The van der Waals surface area contributed by atoms with E-state index in [1.165, 1.54) is 6.07 Å². The van der Waals surface area contributed by atoms with E-state index in [0.717, 1.165) is 42.7 Å². The zero-order valence-electron chi connectivity index (χ0n) is 13.6. The lowest BCUT2D eigenvalue weighted by Gasteiger charge is -2.26. The summed E-state index contributed by atoms with van der Waals surface area (Å²) in [6.07, 6.45) is 2.51. The molecule has 2 bridgehead atoms. The SMILES string of the molecule is O=C(O)C1C2CCC(C2)C1C(=O)Nc1nc(-c2ccc(F)cc2F)cs1. The lowest BCUT2D eigenvalue weighted by atomic mass is 9.79. The first kappa shape index (κ1) is 17.1. The van der Waals surface area contributed by atoms with Gasteiger partial charge in [0.2, 0.25) is 5.91 Å². The number of carbonyl (C=O) groups excluding carboxylic acids is 1. The predicted molar refractivity (Wildman–Crippen MR) is 91.5 cm³/mol. The van der Waals surface area contributed by atoms with Crippen molar-refractivity contribution in [3.63, 3.8) is 0 Å². The zero-order valence-corrected chi connectivity index (χ0v) is 14.4. The standard InChI is InChI=1S/C18H16F2N2O3S/c19-10-3-4-11(12(20)6-10)13-7-26-18(21-13)22-16(23)14-8-1-2-9(5-8)15(14)17(24)25/h3-4,6-9,14-15H,1-2,5H2,(H,24,25)(H,21,22,23). The Morgan fingerprint density at radius 2 is 1.92 bits per heavy atom. The molecule has 2 aromatic rings. The quantitative estimate of drug-likeness (QED) is 0.849. The van der Waals surface area contributed by atoms with Crippen molar-refractivity contribution in [2.24, 2.45) is 23.7 Å². The molecule has 5 nitrogen and oxygen atoms in total. The summed E-state index contributed by atoms with van der Waals surface area (Å²) in [4.78, 5) is 28.4. The smallest absolute Gasteiger partial charge is 0.307 e. The number of carboxylic acids is 1. The van der Waals surface area contributed by atoms with E-state index in [2.05, 4.69) is 10.3 Å². The highest BCUT2D eigenvalue weighted by Gasteiger charge is 2.54. The van der Waals surface area contributed by atoms with Gasteiger partial charge in [0, 0.05) is 17.0 Å². The van der Waals surface area contributed by atoms with Crippen LogP contribution in [0.25, 0.3) is 11.3 Å². The zero-order chi connectivity index (χ0) is 18.4. The van der Waals surface area contributed by atoms with Gasteiger partial charge in [-0.3, -0.25) is 9.59 Å². The minimum atomic E-state index is -0.925. The molecular formula is C18H16F2N2O3S. The molecule has 2 N–H and O–H groups in total. The average Bonchev–Trinajstić information content (AvgIpc) is 3.29. The second kappa shape index (κ2) is 6.42. The van der Waals surface area contributed by atoms with Gasteiger partial charge in [-0.25, -0.2) is 13.8 Å². The van der Waals surface area contributed by atoms with Crippen molar-refractivity contribution in [2.75, 3.05) is 5.32 Å². The van der Waals surface area contributed by atoms with E-state index in [1.807, 2.05) is 0 Å². The normalized spacial score (nSPS) is 26.8. The van der Waals surface area contributed by atoms with Crippen LogP contribution in [0.15, 0.2) is 23.6 Å². The Bertz CT molecular complexity index is 885. The second-order valence-electron chi connectivity index (χ2n) is 6.87. The van der Waals surface area contributed by atoms with E-state index in [1.54, 1.807) is 5.38 Å². The van der Waals surface area contributed by atoms with Crippen LogP contribution in [0.1, 0.15) is 19.3 Å². The van der Waals surface area contributed by atoms with Gasteiger partial charge in [0.25, 0.3) is 0 Å². The van der Waals surface area contributed by atoms with E-state index < -0.39 is 29.4 Å². The number of anilines is 1. The molecule has 4 atom stereocenters. The Balaban J connectivity index is 1.52. The number of benzene rings is 1. The molecule has 2 aliphatic rings. The molecule has 26 heavy (non-hydrogen) atoms. The number of amides is 1. The van der Waals surface area contributed by atoms with Crippen molar-refractivity contribution in [1.82, 2.24) is 4.98 Å². The lowest BCUT2D eigenvalue weighted by molar-refractivity contribution is -0.148. The van der Waals surface area contributed by atoms with Crippen LogP contribution in [0.5, 0.6) is 0 Å². The lowest BCUT2D eigenvalue weighted by Crippen LogP contribution is -2.37. The van der Waals surface area contributed by atoms with Crippen LogP contribution in [0.3, 0.4) is 0 Å². The third-order valence-electron chi connectivity index (χ3n) is 5.45. The Morgan fingerprint density at radius 3 is 2.62 bits per heavy atom. The van der Waals surface area contributed by atoms with Crippen molar-refractivity contribution >= 4 is 28.3 Å². The second-order valence-corrected chi connectivity index (χ2v) is 7.73. The molecule has 2 aliphatic carbocycles. The van der Waals surface area contributed by atoms with E-state index in [9.17, 15) is 23.5 Å². The summed E-state index contributed by atoms with van der Waals surface area (Å²) in [6.45, 7) is 0. The fraction of sp³-hybridized carbons (Fsp3) is 0.389. The highest BCUT2D eigenvalue weighted by molar-refractivity contribution is 7.14. The van der Waals surface area contributed by atoms with Crippen LogP contribution in [0.4, 0.5) is 13.9 Å². The number of aliphatic carboxylic acids is 1. The summed E-state index contributed by atoms with van der Waals surface area (Å²) in [5.74, 6) is -3.72. The Hall–Kier alpha value is -2.35. The topological polar surface area (TPSA) is 79.3 Å². The maximum atomic E-state index is 13.9. The number of thiazole rings is 1. The number of nitrogens with zero attached hydrogens (tertiary/aromatic N) is 1. The monoisotopic (exact) mass is 378 g/mol. The van der Waals surface area contributed by atoms with Crippen molar-refractivity contribution in [1.29, 1.82) is 0 Å². The van der Waals surface area contributed by atoms with E-state index in [0.29, 0.717) is 5.69 Å². The summed E-state index contributed by atoms with van der Waals surface area (Å²) in [5, 5.41) is 14.0. The third-order valence-corrected chi connectivity index (χ3v) is 6.20. The molecule has 0 saturated heterocycles. The number of fused-ring (bicyclic) bond motifs is 2. The van der Waals surface area contributed by atoms with Gasteiger partial charge in [0.1, 0.15) is 11.6 Å². The molecule has 2 saturated carbocycles. The number of carboxylic acid groups (broad SMARTS) is 1. The fourth-order valence-corrected chi connectivity index (χ4v) is 5.08. The van der Waals surface area contributed by atoms with Crippen LogP contribution < -0.4 is 5.32 Å². The molecule has 8 heteroatoms. The summed E-state index contributed by atoms with van der Waals surface area (Å²) in [7, 11) is 0. The highest BCUT2D eigenvalue weighted by Crippen LogP contribution is 2.52. The van der Waals surface area contributed by atoms with E-state index in [-0.39, 0.29) is 28.4 Å². The number of hydrogen-bond acceptors (Lipinski definition) is 4. The maximum absolute atomic E-state index is 13.9. The van der Waals surface area contributed by atoms with Crippen molar-refractivity contribution in [3.8, 4) is 11.3 Å². The van der Waals surface area contributed by atoms with Crippen LogP contribution in [0, 0.1) is 35.3 Å². The van der Waals surface area contributed by atoms with E-state index >= 15 is 0 Å². The van der Waals surface area contributed by atoms with Crippen LogP contribution in [-0.2, 0) is 9.59 Å². The van der Waals surface area contributed by atoms with Gasteiger partial charge < -0.3 is 10.4 Å². The van der Waals surface area contributed by atoms with Gasteiger partial charge in [-0.15, -0.1) is 11.3 Å². The molecule has 0 radical (unpaired) electrons. The molecule has 136 valence electrons. The van der Waals surface area contributed by atoms with Crippen LogP contribution in [0.2, 0.25) is 0 Å². The van der Waals surface area contributed by atoms with Gasteiger partial charge in [-0.2, -0.15) is 0 Å². The number of hydrogen-bond donors (Lipinski definition) is 2. The summed E-state index contributed by atoms with van der Waals surface area (Å²) in [6, 6.07) is 3.21. The first-order valence-electron chi connectivity index (χ1n) is 8.38. The molecule has 1 aromatic carbocycles. The molecular weight excluding hydrogens is 362 g/mol. The Labute approximate surface area is 152 Å². The highest BCUT2D eigenvalue weighted by atomic mass is 32.1. The Kier molecular flexibility index (Phi) is 4.22. The molecule has 1 aromatic heterocycles. The number of aromatic nitrogens is 1. The first-order valence-corrected chi connectivity index (χ1v) is 9.26. The fourth-order valence-electron chi connectivity index (χ4n) is 4.36. The van der Waals surface area contributed by atoms with Crippen molar-refractivity contribution in [2.45, 2.75) is 19.3 Å².